The van der Waals surface area contributed by atoms with Gasteiger partial charge < -0.3 is 4.74 Å². The van der Waals surface area contributed by atoms with Crippen LogP contribution in [0.15, 0.2) is 58.5 Å². The Hall–Kier alpha value is -2.78. The maximum Gasteiger partial charge on any atom is 0.320 e. The first-order chi connectivity index (χ1) is 15.5. The summed E-state index contributed by atoms with van der Waals surface area (Å²) in [6.07, 6.45) is 0.749. The summed E-state index contributed by atoms with van der Waals surface area (Å²) in [4.78, 5) is 22.2. The Balaban J connectivity index is 1.66. The van der Waals surface area contributed by atoms with Gasteiger partial charge >= 0.3 is 6.55 Å². The number of ether oxygens (including phenoxy) is 1. The van der Waals surface area contributed by atoms with Gasteiger partial charge in [0.05, 0.1) is 33.8 Å². The van der Waals surface area contributed by atoms with Gasteiger partial charge in [-0.3, -0.25) is 13.9 Å². The fourth-order valence-electron chi connectivity index (χ4n) is 3.54. The van der Waals surface area contributed by atoms with Crippen molar-refractivity contribution in [2.24, 2.45) is 0 Å². The standard InChI is InChI=1S/C23H24F2N4O2S/c1-15(2)31-13-7-12-28-21(30)16-8-3-4-9-17(16)27-23(28)32-14-20-26-18-10-5-6-11-19(18)29(20)22(24)25/h3-6,8-11,15,22H,7,12-14H2,1-2H3. The number of fused-ring (bicyclic) bond motifs is 2. The van der Waals surface area contributed by atoms with Crippen molar-refractivity contribution in [1.29, 1.82) is 0 Å². The van der Waals surface area contributed by atoms with Gasteiger partial charge in [-0.25, -0.2) is 9.97 Å². The lowest BCUT2D eigenvalue weighted by atomic mass is 10.2. The van der Waals surface area contributed by atoms with Crippen molar-refractivity contribution in [1.82, 2.24) is 19.1 Å². The van der Waals surface area contributed by atoms with E-state index in [1.165, 1.54) is 11.8 Å². The number of thioether (sulfide) groups is 1. The van der Waals surface area contributed by atoms with Crippen molar-refractivity contribution in [2.45, 2.75) is 50.4 Å². The van der Waals surface area contributed by atoms with Crippen LogP contribution in [0.25, 0.3) is 21.9 Å². The molecule has 4 aromatic rings. The van der Waals surface area contributed by atoms with Crippen LogP contribution in [0.5, 0.6) is 0 Å². The quantitative estimate of drug-likeness (QED) is 0.195. The summed E-state index contributed by atoms with van der Waals surface area (Å²) >= 11 is 1.23. The molecule has 0 saturated heterocycles. The molecule has 0 amide bonds. The summed E-state index contributed by atoms with van der Waals surface area (Å²) in [6.45, 7) is 2.15. The second-order valence-electron chi connectivity index (χ2n) is 7.59. The van der Waals surface area contributed by atoms with Crippen molar-refractivity contribution in [3.05, 3.63) is 64.7 Å². The number of nitrogens with zero attached hydrogens (tertiary/aromatic N) is 4. The molecule has 0 aliphatic carbocycles. The van der Waals surface area contributed by atoms with Crippen LogP contribution in [0.4, 0.5) is 8.78 Å². The van der Waals surface area contributed by atoms with Crippen molar-refractivity contribution in [3.63, 3.8) is 0 Å². The van der Waals surface area contributed by atoms with Crippen molar-refractivity contribution < 1.29 is 13.5 Å². The number of halogens is 2. The number of alkyl halides is 2. The van der Waals surface area contributed by atoms with E-state index >= 15 is 0 Å². The summed E-state index contributed by atoms with van der Waals surface area (Å²) in [5.74, 6) is 0.398. The average Bonchev–Trinajstić information content (AvgIpc) is 3.15. The molecule has 0 saturated carbocycles. The second-order valence-corrected chi connectivity index (χ2v) is 8.54. The zero-order valence-corrected chi connectivity index (χ0v) is 18.7. The van der Waals surface area contributed by atoms with E-state index in [1.54, 1.807) is 47.0 Å². The molecular formula is C23H24F2N4O2S. The van der Waals surface area contributed by atoms with E-state index in [0.29, 0.717) is 46.7 Å². The Morgan fingerprint density at radius 3 is 2.50 bits per heavy atom. The topological polar surface area (TPSA) is 61.9 Å². The maximum atomic E-state index is 13.8. The molecule has 0 unspecified atom stereocenters. The summed E-state index contributed by atoms with van der Waals surface area (Å²) in [5, 5.41) is 1.01. The van der Waals surface area contributed by atoms with Crippen molar-refractivity contribution in [2.75, 3.05) is 6.61 Å². The van der Waals surface area contributed by atoms with E-state index in [9.17, 15) is 13.6 Å². The molecule has 32 heavy (non-hydrogen) atoms. The van der Waals surface area contributed by atoms with Gasteiger partial charge in [-0.05, 0) is 44.5 Å². The third kappa shape index (κ3) is 4.68. The Morgan fingerprint density at radius 2 is 1.75 bits per heavy atom. The number of hydrogen-bond acceptors (Lipinski definition) is 5. The van der Waals surface area contributed by atoms with Crippen LogP contribution >= 0.6 is 11.8 Å². The van der Waals surface area contributed by atoms with E-state index in [0.717, 1.165) is 4.57 Å². The number of benzene rings is 2. The van der Waals surface area contributed by atoms with Crippen LogP contribution in [0.3, 0.4) is 0 Å². The van der Waals surface area contributed by atoms with Crippen molar-refractivity contribution >= 4 is 33.7 Å². The van der Waals surface area contributed by atoms with E-state index in [-0.39, 0.29) is 23.2 Å². The summed E-state index contributed by atoms with van der Waals surface area (Å²) < 4.78 is 35.7. The molecular weight excluding hydrogens is 434 g/mol. The molecule has 2 aromatic heterocycles. The normalized spacial score (nSPS) is 11.9. The molecule has 0 aliphatic rings. The first-order valence-corrected chi connectivity index (χ1v) is 11.4. The minimum absolute atomic E-state index is 0.109. The molecule has 0 spiro atoms. The first-order valence-electron chi connectivity index (χ1n) is 10.4. The fourth-order valence-corrected chi connectivity index (χ4v) is 4.49. The largest absolute Gasteiger partial charge is 0.379 e. The number of rotatable bonds is 9. The molecule has 0 fully saturated rings. The molecule has 168 valence electrons. The van der Waals surface area contributed by atoms with E-state index < -0.39 is 6.55 Å². The predicted molar refractivity (Wildman–Crippen MR) is 122 cm³/mol. The van der Waals surface area contributed by atoms with Gasteiger partial charge in [-0.2, -0.15) is 8.78 Å². The van der Waals surface area contributed by atoms with E-state index in [1.807, 2.05) is 19.9 Å². The zero-order valence-electron chi connectivity index (χ0n) is 17.9. The SMILES string of the molecule is CC(C)OCCCn1c(SCc2nc3ccccc3n2C(F)F)nc2ccccc2c1=O. The molecule has 2 aromatic carbocycles. The minimum atomic E-state index is -2.71. The monoisotopic (exact) mass is 458 g/mol. The Labute approximate surface area is 188 Å². The lowest BCUT2D eigenvalue weighted by Crippen LogP contribution is -2.24. The smallest absolute Gasteiger partial charge is 0.320 e. The molecule has 0 radical (unpaired) electrons. The molecule has 0 atom stereocenters. The molecule has 9 heteroatoms. The van der Waals surface area contributed by atoms with Gasteiger partial charge in [0, 0.05) is 13.2 Å². The highest BCUT2D eigenvalue weighted by Gasteiger charge is 2.19. The summed E-state index contributed by atoms with van der Waals surface area (Å²) in [6, 6.07) is 14.0. The zero-order chi connectivity index (χ0) is 22.7. The Morgan fingerprint density at radius 1 is 1.03 bits per heavy atom. The van der Waals surface area contributed by atoms with Crippen LogP contribution in [0.1, 0.15) is 32.6 Å². The summed E-state index contributed by atoms with van der Waals surface area (Å²) in [5.41, 5.74) is 1.33. The maximum absolute atomic E-state index is 13.8. The Bertz CT molecular complexity index is 1290. The van der Waals surface area contributed by atoms with Gasteiger partial charge in [0.1, 0.15) is 5.82 Å². The first kappa shape index (κ1) is 22.4. The molecule has 0 bridgehead atoms. The predicted octanol–water partition coefficient (Wildman–Crippen LogP) is 5.25. The van der Waals surface area contributed by atoms with Crippen LogP contribution < -0.4 is 5.56 Å². The van der Waals surface area contributed by atoms with Gasteiger partial charge in [-0.1, -0.05) is 36.0 Å². The van der Waals surface area contributed by atoms with Crippen LogP contribution in [0, 0.1) is 0 Å². The van der Waals surface area contributed by atoms with E-state index in [4.69, 9.17) is 4.74 Å². The van der Waals surface area contributed by atoms with Crippen LogP contribution in [-0.2, 0) is 17.0 Å². The molecule has 2 heterocycles. The molecule has 4 rings (SSSR count). The fraction of sp³-hybridized carbons (Fsp3) is 0.348. The van der Waals surface area contributed by atoms with Gasteiger partial charge in [0.2, 0.25) is 0 Å². The third-order valence-corrected chi connectivity index (χ3v) is 5.97. The Kier molecular flexibility index (Phi) is 6.86. The average molecular weight is 459 g/mol. The van der Waals surface area contributed by atoms with Gasteiger partial charge in [-0.15, -0.1) is 0 Å². The van der Waals surface area contributed by atoms with Gasteiger partial charge in [0.25, 0.3) is 5.56 Å². The van der Waals surface area contributed by atoms with Crippen LogP contribution in [0.2, 0.25) is 0 Å². The molecule has 0 aliphatic heterocycles. The molecule has 0 N–H and O–H groups in total. The van der Waals surface area contributed by atoms with Crippen LogP contribution in [-0.4, -0.2) is 31.8 Å². The van der Waals surface area contributed by atoms with Gasteiger partial charge in [0.15, 0.2) is 5.16 Å². The molecule has 6 nitrogen and oxygen atoms in total. The third-order valence-electron chi connectivity index (χ3n) is 5.00. The number of aromatic nitrogens is 4. The highest BCUT2D eigenvalue weighted by atomic mass is 32.2. The highest BCUT2D eigenvalue weighted by Crippen LogP contribution is 2.28. The number of imidazole rings is 1. The highest BCUT2D eigenvalue weighted by molar-refractivity contribution is 7.98. The summed E-state index contributed by atoms with van der Waals surface area (Å²) in [7, 11) is 0. The van der Waals surface area contributed by atoms with Crippen molar-refractivity contribution in [3.8, 4) is 0 Å². The lowest BCUT2D eigenvalue weighted by Gasteiger charge is -2.14. The minimum Gasteiger partial charge on any atom is -0.379 e. The second kappa shape index (κ2) is 9.79. The van der Waals surface area contributed by atoms with E-state index in [2.05, 4.69) is 9.97 Å². The number of hydrogen-bond donors (Lipinski definition) is 0. The number of para-hydroxylation sites is 3. The lowest BCUT2D eigenvalue weighted by molar-refractivity contribution is 0.0721.